The predicted molar refractivity (Wildman–Crippen MR) is 71.8 cm³/mol. The Hall–Kier alpha value is -1.69. The van der Waals surface area contributed by atoms with Gasteiger partial charge in [-0.15, -0.1) is 0 Å². The van der Waals surface area contributed by atoms with Gasteiger partial charge in [0.05, 0.1) is 12.1 Å². The lowest BCUT2D eigenvalue weighted by Gasteiger charge is -2.11. The highest BCUT2D eigenvalue weighted by molar-refractivity contribution is 9.10. The summed E-state index contributed by atoms with van der Waals surface area (Å²) in [5.74, 6) is -0.808. The number of rotatable bonds is 5. The Balaban J connectivity index is 2.12. The molecule has 1 aromatic carbocycles. The Bertz CT molecular complexity index is 585. The lowest BCUT2D eigenvalue weighted by Crippen LogP contribution is -2.11. The first-order valence-electron chi connectivity index (χ1n) is 5.68. The monoisotopic (exact) mass is 326 g/mol. The molecule has 2 rings (SSSR count). The van der Waals surface area contributed by atoms with E-state index in [1.807, 2.05) is 0 Å². The normalized spacial score (nSPS) is 10.5. The molecular formula is C13H12BrFN2O2. The summed E-state index contributed by atoms with van der Waals surface area (Å²) < 4.78 is 21.4. The summed E-state index contributed by atoms with van der Waals surface area (Å²) in [5.41, 5.74) is 0.229. The third-order valence-electron chi connectivity index (χ3n) is 2.51. The number of nitrogens with zero attached hydrogens (tertiary/aromatic N) is 2. The number of ketones is 1. The highest BCUT2D eigenvalue weighted by atomic mass is 79.9. The molecule has 19 heavy (non-hydrogen) atoms. The van der Waals surface area contributed by atoms with Crippen LogP contribution in [-0.2, 0) is 6.54 Å². The van der Waals surface area contributed by atoms with Crippen LogP contribution < -0.4 is 4.74 Å². The smallest absolute Gasteiger partial charge is 0.166 e. The van der Waals surface area contributed by atoms with Crippen molar-refractivity contribution in [1.82, 2.24) is 9.78 Å². The van der Waals surface area contributed by atoms with E-state index in [0.717, 1.165) is 0 Å². The molecule has 0 bridgehead atoms. The summed E-state index contributed by atoms with van der Waals surface area (Å²) in [6.45, 7) is 2.10. The molecule has 6 heteroatoms. The molecule has 100 valence electrons. The number of hydrogen-bond donors (Lipinski definition) is 0. The van der Waals surface area contributed by atoms with Crippen LogP contribution in [0.1, 0.15) is 17.3 Å². The van der Waals surface area contributed by atoms with Crippen LogP contribution in [0.15, 0.2) is 35.1 Å². The maximum Gasteiger partial charge on any atom is 0.166 e. The molecule has 0 unspecified atom stereocenters. The molecule has 0 N–H and O–H groups in total. The lowest BCUT2D eigenvalue weighted by atomic mass is 10.1. The Morgan fingerprint density at radius 3 is 2.95 bits per heavy atom. The number of hydrogen-bond acceptors (Lipinski definition) is 3. The summed E-state index contributed by atoms with van der Waals surface area (Å²) in [5, 5.41) is 4.01. The summed E-state index contributed by atoms with van der Waals surface area (Å²) in [4.78, 5) is 11.5. The maximum atomic E-state index is 13.8. The molecule has 1 heterocycles. The second kappa shape index (κ2) is 5.97. The fourth-order valence-electron chi connectivity index (χ4n) is 1.64. The number of ether oxygens (including phenoxy) is 1. The number of carbonyl (C=O) groups excluding carboxylic acids is 1. The highest BCUT2D eigenvalue weighted by Gasteiger charge is 2.15. The Kier molecular flexibility index (Phi) is 4.31. The van der Waals surface area contributed by atoms with E-state index in [-0.39, 0.29) is 23.7 Å². The van der Waals surface area contributed by atoms with Crippen molar-refractivity contribution < 1.29 is 13.9 Å². The van der Waals surface area contributed by atoms with E-state index >= 15 is 0 Å². The van der Waals surface area contributed by atoms with Gasteiger partial charge in [-0.3, -0.25) is 9.48 Å². The summed E-state index contributed by atoms with van der Waals surface area (Å²) >= 11 is 3.15. The van der Waals surface area contributed by atoms with Gasteiger partial charge >= 0.3 is 0 Å². The molecule has 0 amide bonds. The first-order chi connectivity index (χ1) is 9.08. The van der Waals surface area contributed by atoms with Crippen LogP contribution in [0.25, 0.3) is 0 Å². The minimum atomic E-state index is -0.556. The Labute approximate surface area is 118 Å². The molecule has 0 atom stereocenters. The maximum absolute atomic E-state index is 13.8. The molecule has 0 aliphatic carbocycles. The predicted octanol–water partition coefficient (Wildman–Crippen LogP) is 3.07. The van der Waals surface area contributed by atoms with Gasteiger partial charge in [0.1, 0.15) is 6.61 Å². The van der Waals surface area contributed by atoms with Crippen LogP contribution in [0.2, 0.25) is 0 Å². The molecule has 0 spiro atoms. The van der Waals surface area contributed by atoms with Crippen molar-refractivity contribution in [3.8, 4) is 5.75 Å². The Morgan fingerprint density at radius 2 is 2.32 bits per heavy atom. The minimum Gasteiger partial charge on any atom is -0.488 e. The van der Waals surface area contributed by atoms with Gasteiger partial charge < -0.3 is 4.74 Å². The molecule has 2 aromatic rings. The molecule has 0 aliphatic heterocycles. The van der Waals surface area contributed by atoms with E-state index in [0.29, 0.717) is 11.0 Å². The zero-order valence-electron chi connectivity index (χ0n) is 10.3. The largest absolute Gasteiger partial charge is 0.488 e. The number of Topliss-reactive ketones (excluding diaryl/α,β-unsaturated/α-hetero) is 1. The van der Waals surface area contributed by atoms with Gasteiger partial charge in [-0.2, -0.15) is 5.10 Å². The second-order valence-electron chi connectivity index (χ2n) is 3.94. The van der Waals surface area contributed by atoms with E-state index in [1.165, 1.54) is 13.0 Å². The van der Waals surface area contributed by atoms with Crippen LogP contribution in [0.5, 0.6) is 5.75 Å². The average molecular weight is 327 g/mol. The number of aromatic nitrogens is 2. The van der Waals surface area contributed by atoms with Gasteiger partial charge in [0, 0.05) is 16.9 Å². The van der Waals surface area contributed by atoms with E-state index < -0.39 is 5.82 Å². The van der Waals surface area contributed by atoms with Crippen molar-refractivity contribution in [1.29, 1.82) is 0 Å². The van der Waals surface area contributed by atoms with E-state index in [4.69, 9.17) is 4.74 Å². The summed E-state index contributed by atoms with van der Waals surface area (Å²) in [6.07, 6.45) is 3.44. The lowest BCUT2D eigenvalue weighted by molar-refractivity contribution is 0.101. The molecule has 0 saturated carbocycles. The first kappa shape index (κ1) is 13.7. The molecule has 0 radical (unpaired) electrons. The molecule has 1 aromatic heterocycles. The zero-order valence-corrected chi connectivity index (χ0v) is 11.9. The standard InChI is InChI=1S/C13H12BrFN2O2/c1-9(18)11-7-10(14)8-12(15)13(11)19-6-5-17-4-2-3-16-17/h2-4,7-8H,5-6H2,1H3. The molecular weight excluding hydrogens is 315 g/mol. The van der Waals surface area contributed by atoms with Gasteiger partial charge in [0.15, 0.2) is 17.3 Å². The summed E-state index contributed by atoms with van der Waals surface area (Å²) in [6, 6.07) is 4.62. The van der Waals surface area contributed by atoms with Gasteiger partial charge in [-0.1, -0.05) is 15.9 Å². The van der Waals surface area contributed by atoms with Crippen molar-refractivity contribution in [3.05, 3.63) is 46.4 Å². The quantitative estimate of drug-likeness (QED) is 0.793. The van der Waals surface area contributed by atoms with Crippen LogP contribution in [0, 0.1) is 5.82 Å². The molecule has 0 fully saturated rings. The summed E-state index contributed by atoms with van der Waals surface area (Å²) in [7, 11) is 0. The fraction of sp³-hybridized carbons (Fsp3) is 0.231. The molecule has 0 saturated heterocycles. The van der Waals surface area contributed by atoms with Gasteiger partial charge in [0.2, 0.25) is 0 Å². The van der Waals surface area contributed by atoms with Crippen molar-refractivity contribution in [2.24, 2.45) is 0 Å². The number of carbonyl (C=O) groups is 1. The van der Waals surface area contributed by atoms with Crippen molar-refractivity contribution in [2.45, 2.75) is 13.5 Å². The SMILES string of the molecule is CC(=O)c1cc(Br)cc(F)c1OCCn1cccn1. The average Bonchev–Trinajstić information content (AvgIpc) is 2.84. The van der Waals surface area contributed by atoms with Gasteiger partial charge in [-0.05, 0) is 25.1 Å². The Morgan fingerprint density at radius 1 is 1.53 bits per heavy atom. The van der Waals surface area contributed by atoms with Crippen LogP contribution in [0.3, 0.4) is 0 Å². The highest BCUT2D eigenvalue weighted by Crippen LogP contribution is 2.27. The van der Waals surface area contributed by atoms with Crippen LogP contribution in [-0.4, -0.2) is 22.2 Å². The second-order valence-corrected chi connectivity index (χ2v) is 4.85. The van der Waals surface area contributed by atoms with Gasteiger partial charge in [-0.25, -0.2) is 4.39 Å². The third-order valence-corrected chi connectivity index (χ3v) is 2.97. The van der Waals surface area contributed by atoms with E-state index in [1.54, 1.807) is 29.2 Å². The van der Waals surface area contributed by atoms with Crippen molar-refractivity contribution in [2.75, 3.05) is 6.61 Å². The first-order valence-corrected chi connectivity index (χ1v) is 6.47. The molecule has 4 nitrogen and oxygen atoms in total. The minimum absolute atomic E-state index is 0.0112. The number of halogens is 2. The van der Waals surface area contributed by atoms with Gasteiger partial charge in [0.25, 0.3) is 0 Å². The topological polar surface area (TPSA) is 44.1 Å². The number of benzene rings is 1. The van der Waals surface area contributed by atoms with E-state index in [9.17, 15) is 9.18 Å². The molecule has 0 aliphatic rings. The fourth-order valence-corrected chi connectivity index (χ4v) is 2.07. The van der Waals surface area contributed by atoms with Crippen LogP contribution >= 0.6 is 15.9 Å². The van der Waals surface area contributed by atoms with Crippen LogP contribution in [0.4, 0.5) is 4.39 Å². The third kappa shape index (κ3) is 3.41. The van der Waals surface area contributed by atoms with Crippen molar-refractivity contribution >= 4 is 21.7 Å². The zero-order chi connectivity index (χ0) is 13.8. The van der Waals surface area contributed by atoms with E-state index in [2.05, 4.69) is 21.0 Å². The van der Waals surface area contributed by atoms with Crippen molar-refractivity contribution in [3.63, 3.8) is 0 Å².